The van der Waals surface area contributed by atoms with Crippen LogP contribution >= 0.6 is 0 Å². The van der Waals surface area contributed by atoms with Crippen LogP contribution in [-0.4, -0.2) is 8.42 Å². The molecule has 0 amide bonds. The predicted molar refractivity (Wildman–Crippen MR) is 73.2 cm³/mol. The van der Waals surface area contributed by atoms with Gasteiger partial charge in [0.2, 0.25) is 10.0 Å². The molecule has 4 nitrogen and oxygen atoms in total. The minimum absolute atomic E-state index is 0.0375. The molecule has 0 heterocycles. The van der Waals surface area contributed by atoms with Gasteiger partial charge in [0, 0.05) is 0 Å². The molecule has 0 atom stereocenters. The lowest BCUT2D eigenvalue weighted by Crippen LogP contribution is -2.13. The molecular weight excluding hydrogens is 300 g/mol. The molecular formula is C14H13F2NO3S. The van der Waals surface area contributed by atoms with Crippen molar-refractivity contribution in [3.05, 3.63) is 59.2 Å². The summed E-state index contributed by atoms with van der Waals surface area (Å²) in [5.41, 5.74) is 1.73. The maximum atomic E-state index is 13.7. The zero-order chi connectivity index (χ0) is 15.6. The fraction of sp³-hybridized carbons (Fsp3) is 0.143. The van der Waals surface area contributed by atoms with Crippen LogP contribution in [-0.2, 0) is 16.6 Å². The summed E-state index contributed by atoms with van der Waals surface area (Å²) in [6, 6.07) is 8.50. The summed E-state index contributed by atoms with van der Waals surface area (Å²) in [6.07, 6.45) is 0. The van der Waals surface area contributed by atoms with Crippen molar-refractivity contribution in [1.29, 1.82) is 0 Å². The molecule has 7 heteroatoms. The van der Waals surface area contributed by atoms with Crippen molar-refractivity contribution in [1.82, 2.24) is 0 Å². The first-order chi connectivity index (χ1) is 9.77. The molecule has 0 bridgehead atoms. The third-order valence-corrected chi connectivity index (χ3v) is 3.66. The van der Waals surface area contributed by atoms with E-state index in [1.807, 2.05) is 19.1 Å². The van der Waals surface area contributed by atoms with E-state index in [-0.39, 0.29) is 6.61 Å². The van der Waals surface area contributed by atoms with Crippen LogP contribution in [0, 0.1) is 18.6 Å². The Morgan fingerprint density at radius 2 is 1.76 bits per heavy atom. The van der Waals surface area contributed by atoms with Crippen molar-refractivity contribution in [3.8, 4) is 5.75 Å². The highest BCUT2D eigenvalue weighted by Gasteiger charge is 2.18. The standard InChI is InChI=1S/C14H13F2NO3S/c1-9-3-2-4-10(5-9)8-20-14-12(15)6-11(7-13(14)16)21(17,18)19/h2-7H,8H2,1H3,(H2,17,18,19). The van der Waals surface area contributed by atoms with Gasteiger partial charge in [0.25, 0.3) is 0 Å². The van der Waals surface area contributed by atoms with Gasteiger partial charge in [-0.1, -0.05) is 29.8 Å². The molecule has 21 heavy (non-hydrogen) atoms. The number of aryl methyl sites for hydroxylation is 1. The Hall–Kier alpha value is -1.99. The van der Waals surface area contributed by atoms with Crippen LogP contribution in [0.5, 0.6) is 5.75 Å². The number of primary sulfonamides is 1. The van der Waals surface area contributed by atoms with Gasteiger partial charge >= 0.3 is 0 Å². The quantitative estimate of drug-likeness (QED) is 0.943. The fourth-order valence-electron chi connectivity index (χ4n) is 1.80. The maximum Gasteiger partial charge on any atom is 0.238 e. The second-order valence-electron chi connectivity index (χ2n) is 4.54. The summed E-state index contributed by atoms with van der Waals surface area (Å²) >= 11 is 0. The topological polar surface area (TPSA) is 69.4 Å². The van der Waals surface area contributed by atoms with Crippen molar-refractivity contribution < 1.29 is 21.9 Å². The van der Waals surface area contributed by atoms with E-state index in [2.05, 4.69) is 0 Å². The summed E-state index contributed by atoms with van der Waals surface area (Å²) in [5, 5.41) is 4.82. The number of hydrogen-bond donors (Lipinski definition) is 1. The lowest BCUT2D eigenvalue weighted by molar-refractivity contribution is 0.273. The van der Waals surface area contributed by atoms with Gasteiger partial charge in [-0.25, -0.2) is 22.3 Å². The Morgan fingerprint density at radius 3 is 2.29 bits per heavy atom. The average Bonchev–Trinajstić information content (AvgIpc) is 2.36. The number of ether oxygens (including phenoxy) is 1. The molecule has 0 aliphatic carbocycles. The van der Waals surface area contributed by atoms with Gasteiger partial charge in [-0.3, -0.25) is 0 Å². The summed E-state index contributed by atoms with van der Waals surface area (Å²) in [6.45, 7) is 1.84. The van der Waals surface area contributed by atoms with Crippen LogP contribution in [0.15, 0.2) is 41.3 Å². The van der Waals surface area contributed by atoms with Gasteiger partial charge in [0.1, 0.15) is 6.61 Å². The summed E-state index contributed by atoms with van der Waals surface area (Å²) in [5.74, 6) is -2.87. The molecule has 2 aromatic carbocycles. The maximum absolute atomic E-state index is 13.7. The largest absolute Gasteiger partial charge is 0.483 e. The normalized spacial score (nSPS) is 11.4. The Labute approximate surface area is 121 Å². The minimum atomic E-state index is -4.17. The average molecular weight is 313 g/mol. The van der Waals surface area contributed by atoms with E-state index in [1.54, 1.807) is 12.1 Å². The number of rotatable bonds is 4. The van der Waals surface area contributed by atoms with Crippen molar-refractivity contribution in [2.24, 2.45) is 5.14 Å². The molecule has 0 radical (unpaired) electrons. The predicted octanol–water partition coefficient (Wildman–Crippen LogP) is 2.50. The second-order valence-corrected chi connectivity index (χ2v) is 6.10. The number of hydrogen-bond acceptors (Lipinski definition) is 3. The van der Waals surface area contributed by atoms with Crippen LogP contribution in [0.4, 0.5) is 8.78 Å². The molecule has 0 aliphatic heterocycles. The highest BCUT2D eigenvalue weighted by molar-refractivity contribution is 7.89. The Kier molecular flexibility index (Phi) is 4.24. The summed E-state index contributed by atoms with van der Waals surface area (Å²) in [7, 11) is -4.17. The molecule has 0 aromatic heterocycles. The molecule has 2 N–H and O–H groups in total. The first-order valence-corrected chi connectivity index (χ1v) is 7.52. The van der Waals surface area contributed by atoms with Crippen LogP contribution in [0.1, 0.15) is 11.1 Å². The van der Waals surface area contributed by atoms with Gasteiger partial charge in [0.05, 0.1) is 4.90 Å². The number of benzene rings is 2. The Morgan fingerprint density at radius 1 is 1.14 bits per heavy atom. The molecule has 0 saturated carbocycles. The number of halogens is 2. The Bertz CT molecular complexity index is 753. The molecule has 0 aliphatic rings. The van der Waals surface area contributed by atoms with Crippen molar-refractivity contribution >= 4 is 10.0 Å². The molecule has 0 spiro atoms. The van der Waals surface area contributed by atoms with Crippen LogP contribution in [0.2, 0.25) is 0 Å². The van der Waals surface area contributed by atoms with Crippen LogP contribution < -0.4 is 9.88 Å². The van der Waals surface area contributed by atoms with Gasteiger partial charge in [0.15, 0.2) is 17.4 Å². The molecule has 2 rings (SSSR count). The monoisotopic (exact) mass is 313 g/mol. The first-order valence-electron chi connectivity index (χ1n) is 5.97. The molecule has 112 valence electrons. The first kappa shape index (κ1) is 15.4. The van der Waals surface area contributed by atoms with E-state index in [0.29, 0.717) is 12.1 Å². The highest BCUT2D eigenvalue weighted by Crippen LogP contribution is 2.25. The SMILES string of the molecule is Cc1cccc(COc2c(F)cc(S(N)(=O)=O)cc2F)c1. The van der Waals surface area contributed by atoms with Gasteiger partial charge in [-0.15, -0.1) is 0 Å². The Balaban J connectivity index is 2.25. The number of sulfonamides is 1. The lowest BCUT2D eigenvalue weighted by Gasteiger charge is -2.10. The van der Waals surface area contributed by atoms with E-state index in [1.165, 1.54) is 0 Å². The van der Waals surface area contributed by atoms with Crippen molar-refractivity contribution in [2.75, 3.05) is 0 Å². The van der Waals surface area contributed by atoms with E-state index >= 15 is 0 Å². The van der Waals surface area contributed by atoms with E-state index < -0.39 is 32.3 Å². The number of nitrogens with two attached hydrogens (primary N) is 1. The molecule has 0 unspecified atom stereocenters. The second kappa shape index (κ2) is 5.79. The van der Waals surface area contributed by atoms with Crippen LogP contribution in [0.3, 0.4) is 0 Å². The fourth-order valence-corrected chi connectivity index (χ4v) is 2.33. The smallest absolute Gasteiger partial charge is 0.238 e. The van der Waals surface area contributed by atoms with Gasteiger partial charge in [-0.2, -0.15) is 0 Å². The lowest BCUT2D eigenvalue weighted by atomic mass is 10.1. The van der Waals surface area contributed by atoms with E-state index in [9.17, 15) is 17.2 Å². The zero-order valence-electron chi connectivity index (χ0n) is 11.1. The van der Waals surface area contributed by atoms with Gasteiger partial charge < -0.3 is 4.74 Å². The third kappa shape index (κ3) is 3.77. The molecule has 2 aromatic rings. The van der Waals surface area contributed by atoms with Crippen molar-refractivity contribution in [2.45, 2.75) is 18.4 Å². The van der Waals surface area contributed by atoms with E-state index in [4.69, 9.17) is 9.88 Å². The highest BCUT2D eigenvalue weighted by atomic mass is 32.2. The third-order valence-electron chi connectivity index (χ3n) is 2.77. The molecule has 0 fully saturated rings. The van der Waals surface area contributed by atoms with E-state index in [0.717, 1.165) is 11.1 Å². The van der Waals surface area contributed by atoms with Crippen molar-refractivity contribution in [3.63, 3.8) is 0 Å². The van der Waals surface area contributed by atoms with Gasteiger partial charge in [-0.05, 0) is 24.6 Å². The summed E-state index contributed by atoms with van der Waals surface area (Å²) in [4.78, 5) is -0.639. The molecule has 0 saturated heterocycles. The van der Waals surface area contributed by atoms with Crippen LogP contribution in [0.25, 0.3) is 0 Å². The minimum Gasteiger partial charge on any atom is -0.483 e. The zero-order valence-corrected chi connectivity index (χ0v) is 12.0. The summed E-state index contributed by atoms with van der Waals surface area (Å²) < 4.78 is 54.7.